The highest BCUT2D eigenvalue weighted by Gasteiger charge is 2.32. The molecule has 1 aliphatic rings. The molecule has 0 bridgehead atoms. The van der Waals surface area contributed by atoms with Crippen molar-refractivity contribution in [2.24, 2.45) is 11.7 Å². The van der Waals surface area contributed by atoms with Gasteiger partial charge in [0.1, 0.15) is 0 Å². The molecule has 0 aromatic heterocycles. The monoisotopic (exact) mass is 269 g/mol. The van der Waals surface area contributed by atoms with Crippen LogP contribution in [0, 0.1) is 12.8 Å². The predicted molar refractivity (Wildman–Crippen MR) is 69.9 cm³/mol. The molecule has 18 heavy (non-hydrogen) atoms. The minimum atomic E-state index is -4.15. The van der Waals surface area contributed by atoms with Crippen molar-refractivity contribution in [3.05, 3.63) is 29.3 Å². The lowest BCUT2D eigenvalue weighted by atomic mass is 9.87. The molecule has 3 N–H and O–H groups in total. The van der Waals surface area contributed by atoms with Gasteiger partial charge in [-0.05, 0) is 43.4 Å². The third-order valence-corrected chi connectivity index (χ3v) is 4.54. The number of hydrogen-bond acceptors (Lipinski definition) is 3. The normalized spacial score (nSPS) is 19.6. The fourth-order valence-corrected chi connectivity index (χ4v) is 3.04. The van der Waals surface area contributed by atoms with Crippen LogP contribution in [-0.4, -0.2) is 13.0 Å². The number of benzene rings is 1. The fourth-order valence-electron chi connectivity index (χ4n) is 2.33. The van der Waals surface area contributed by atoms with Gasteiger partial charge in [0.15, 0.2) is 0 Å². The van der Waals surface area contributed by atoms with Crippen molar-refractivity contribution in [1.82, 2.24) is 0 Å². The topological polar surface area (TPSA) is 80.4 Å². The van der Waals surface area contributed by atoms with Crippen LogP contribution in [0.3, 0.4) is 0 Å². The van der Waals surface area contributed by atoms with E-state index in [9.17, 15) is 8.42 Å². The molecule has 0 heterocycles. The summed E-state index contributed by atoms with van der Waals surface area (Å²) < 4.78 is 31.3. The summed E-state index contributed by atoms with van der Waals surface area (Å²) in [4.78, 5) is -0.0477. The van der Waals surface area contributed by atoms with Gasteiger partial charge in [-0.3, -0.25) is 4.55 Å². The molecule has 0 saturated heterocycles. The lowest BCUT2D eigenvalue weighted by Crippen LogP contribution is -2.33. The van der Waals surface area contributed by atoms with E-state index in [0.29, 0.717) is 11.5 Å². The molecule has 1 aromatic carbocycles. The van der Waals surface area contributed by atoms with E-state index in [1.165, 1.54) is 18.9 Å². The van der Waals surface area contributed by atoms with Crippen LogP contribution in [0.25, 0.3) is 0 Å². The summed E-state index contributed by atoms with van der Waals surface area (Å²) in [5.41, 5.74) is 7.30. The largest absolute Gasteiger partial charge is 0.322 e. The third kappa shape index (κ3) is 2.91. The molecule has 1 saturated carbocycles. The van der Waals surface area contributed by atoms with E-state index in [4.69, 9.17) is 10.3 Å². The number of rotatable bonds is 4. The van der Waals surface area contributed by atoms with Gasteiger partial charge in [-0.2, -0.15) is 8.42 Å². The molecule has 1 fully saturated rings. The van der Waals surface area contributed by atoms with E-state index >= 15 is 0 Å². The van der Waals surface area contributed by atoms with Gasteiger partial charge >= 0.3 is 0 Å². The highest BCUT2D eigenvalue weighted by atomic mass is 32.2. The van der Waals surface area contributed by atoms with Crippen molar-refractivity contribution >= 4 is 10.1 Å². The van der Waals surface area contributed by atoms with E-state index in [1.54, 1.807) is 19.1 Å². The smallest absolute Gasteiger partial charge is 0.294 e. The summed E-state index contributed by atoms with van der Waals surface area (Å²) >= 11 is 0. The van der Waals surface area contributed by atoms with Gasteiger partial charge in [0.05, 0.1) is 4.90 Å². The fraction of sp³-hybridized carbons (Fsp3) is 0.538. The van der Waals surface area contributed by atoms with Crippen LogP contribution in [0.4, 0.5) is 0 Å². The SMILES string of the molecule is Cc1cc(C(C)(N)CC2CC2)ccc1S(=O)(=O)O. The van der Waals surface area contributed by atoms with Gasteiger partial charge in [-0.1, -0.05) is 25.0 Å². The van der Waals surface area contributed by atoms with E-state index in [-0.39, 0.29) is 4.90 Å². The summed E-state index contributed by atoms with van der Waals surface area (Å²) in [6.07, 6.45) is 3.38. The maximum absolute atomic E-state index is 11.1. The summed E-state index contributed by atoms with van der Waals surface area (Å²) in [6.45, 7) is 3.63. The molecule has 5 heteroatoms. The molecule has 100 valence electrons. The second kappa shape index (κ2) is 4.33. The summed E-state index contributed by atoms with van der Waals surface area (Å²) in [7, 11) is -4.15. The first-order chi connectivity index (χ1) is 8.20. The zero-order chi connectivity index (χ0) is 13.6. The Kier molecular flexibility index (Phi) is 3.25. The first kappa shape index (κ1) is 13.5. The van der Waals surface area contributed by atoms with Crippen molar-refractivity contribution in [2.45, 2.75) is 43.5 Å². The standard InChI is InChI=1S/C13H19NO3S/c1-9-7-11(5-6-12(9)18(15,16)17)13(2,14)8-10-3-4-10/h5-7,10H,3-4,8,14H2,1-2H3,(H,15,16,17). The van der Waals surface area contributed by atoms with Crippen LogP contribution in [-0.2, 0) is 15.7 Å². The Bertz CT molecular complexity index is 560. The van der Waals surface area contributed by atoms with Crippen molar-refractivity contribution in [3.8, 4) is 0 Å². The second-order valence-corrected chi connectivity index (χ2v) is 6.91. The molecule has 1 atom stereocenters. The minimum absolute atomic E-state index is 0.0477. The summed E-state index contributed by atoms with van der Waals surface area (Å²) in [5.74, 6) is 0.696. The molecule has 4 nitrogen and oxygen atoms in total. The molecule has 0 spiro atoms. The molecular weight excluding hydrogens is 250 g/mol. The summed E-state index contributed by atoms with van der Waals surface area (Å²) in [6, 6.07) is 4.88. The van der Waals surface area contributed by atoms with Crippen molar-refractivity contribution in [1.29, 1.82) is 0 Å². The Morgan fingerprint density at radius 2 is 2.06 bits per heavy atom. The zero-order valence-electron chi connectivity index (χ0n) is 10.7. The van der Waals surface area contributed by atoms with Crippen LogP contribution >= 0.6 is 0 Å². The maximum Gasteiger partial charge on any atom is 0.294 e. The number of nitrogens with two attached hydrogens (primary N) is 1. The van der Waals surface area contributed by atoms with E-state index < -0.39 is 15.7 Å². The van der Waals surface area contributed by atoms with E-state index in [0.717, 1.165) is 12.0 Å². The zero-order valence-corrected chi connectivity index (χ0v) is 11.5. The molecule has 0 amide bonds. The lowest BCUT2D eigenvalue weighted by molar-refractivity contribution is 0.423. The lowest BCUT2D eigenvalue weighted by Gasteiger charge is -2.26. The van der Waals surface area contributed by atoms with Crippen molar-refractivity contribution in [2.75, 3.05) is 0 Å². The first-order valence-electron chi connectivity index (χ1n) is 6.08. The van der Waals surface area contributed by atoms with Crippen LogP contribution < -0.4 is 5.73 Å². The second-order valence-electron chi connectivity index (χ2n) is 5.52. The van der Waals surface area contributed by atoms with Gasteiger partial charge in [0, 0.05) is 5.54 Å². The third-order valence-electron chi connectivity index (χ3n) is 3.52. The quantitative estimate of drug-likeness (QED) is 0.821. The highest BCUT2D eigenvalue weighted by molar-refractivity contribution is 7.85. The Hall–Kier alpha value is -0.910. The average molecular weight is 269 g/mol. The van der Waals surface area contributed by atoms with Crippen molar-refractivity contribution in [3.63, 3.8) is 0 Å². The average Bonchev–Trinajstić information content (AvgIpc) is 2.98. The van der Waals surface area contributed by atoms with Gasteiger partial charge < -0.3 is 5.73 Å². The predicted octanol–water partition coefficient (Wildman–Crippen LogP) is 2.22. The van der Waals surface area contributed by atoms with Gasteiger partial charge in [-0.25, -0.2) is 0 Å². The van der Waals surface area contributed by atoms with Gasteiger partial charge in [0.2, 0.25) is 0 Å². The highest BCUT2D eigenvalue weighted by Crippen LogP contribution is 2.39. The summed E-state index contributed by atoms with van der Waals surface area (Å²) in [5, 5.41) is 0. The van der Waals surface area contributed by atoms with Gasteiger partial charge in [0.25, 0.3) is 10.1 Å². The van der Waals surface area contributed by atoms with Gasteiger partial charge in [-0.15, -0.1) is 0 Å². The van der Waals surface area contributed by atoms with Crippen molar-refractivity contribution < 1.29 is 13.0 Å². The Labute approximate surface area is 108 Å². The number of aryl methyl sites for hydroxylation is 1. The van der Waals surface area contributed by atoms with E-state index in [1.807, 2.05) is 6.92 Å². The van der Waals surface area contributed by atoms with Crippen LogP contribution in [0.2, 0.25) is 0 Å². The maximum atomic E-state index is 11.1. The molecule has 0 radical (unpaired) electrons. The Morgan fingerprint density at radius 1 is 1.44 bits per heavy atom. The molecular formula is C13H19NO3S. The molecule has 0 aliphatic heterocycles. The van der Waals surface area contributed by atoms with Crippen LogP contribution in [0.5, 0.6) is 0 Å². The minimum Gasteiger partial charge on any atom is -0.322 e. The Balaban J connectivity index is 2.33. The Morgan fingerprint density at radius 3 is 2.50 bits per heavy atom. The van der Waals surface area contributed by atoms with E-state index in [2.05, 4.69) is 0 Å². The van der Waals surface area contributed by atoms with Crippen LogP contribution in [0.1, 0.15) is 37.3 Å². The van der Waals surface area contributed by atoms with Crippen LogP contribution in [0.15, 0.2) is 23.1 Å². The molecule has 1 aromatic rings. The molecule has 1 unspecified atom stereocenters. The molecule has 1 aliphatic carbocycles. The number of hydrogen-bond donors (Lipinski definition) is 2. The first-order valence-corrected chi connectivity index (χ1v) is 7.52. The molecule has 2 rings (SSSR count).